The molecule has 2 aromatic rings. The van der Waals surface area contributed by atoms with E-state index in [0.29, 0.717) is 5.82 Å². The first kappa shape index (κ1) is 13.2. The first-order valence-corrected chi connectivity index (χ1v) is 7.28. The first-order chi connectivity index (χ1) is 8.79. The highest BCUT2D eigenvalue weighted by Crippen LogP contribution is 2.34. The second-order valence-corrected chi connectivity index (χ2v) is 5.16. The molecule has 5 heteroatoms. The highest BCUT2D eigenvalue weighted by atomic mass is 32.1. The van der Waals surface area contributed by atoms with Gasteiger partial charge in [-0.3, -0.25) is 0 Å². The molecule has 98 valence electrons. The molecular formula is C13H19N3OS. The monoisotopic (exact) mass is 265 g/mol. The Hall–Kier alpha value is -1.20. The van der Waals surface area contributed by atoms with Crippen molar-refractivity contribution in [3.63, 3.8) is 0 Å². The van der Waals surface area contributed by atoms with Crippen molar-refractivity contribution in [3.05, 3.63) is 16.3 Å². The fourth-order valence-electron chi connectivity index (χ4n) is 2.27. The van der Waals surface area contributed by atoms with Crippen LogP contribution in [0, 0.1) is 0 Å². The Morgan fingerprint density at radius 3 is 2.67 bits per heavy atom. The number of aliphatic hydroxyl groups excluding tert-OH is 1. The fourth-order valence-corrected chi connectivity index (χ4v) is 3.29. The number of aromatic nitrogens is 2. The van der Waals surface area contributed by atoms with E-state index in [2.05, 4.69) is 9.97 Å². The maximum Gasteiger partial charge on any atom is 0.151 e. The SMILES string of the molecule is CC.Nc1nc2c(c3sc(CO)nc13)CCCC2. The summed E-state index contributed by atoms with van der Waals surface area (Å²) < 4.78 is 1.13. The van der Waals surface area contributed by atoms with E-state index < -0.39 is 0 Å². The van der Waals surface area contributed by atoms with Crippen LogP contribution in [0.25, 0.3) is 10.2 Å². The molecule has 1 aliphatic carbocycles. The number of nitrogen functional groups attached to an aromatic ring is 1. The van der Waals surface area contributed by atoms with E-state index in [1.54, 1.807) is 11.3 Å². The van der Waals surface area contributed by atoms with Crippen molar-refractivity contribution in [1.82, 2.24) is 9.97 Å². The summed E-state index contributed by atoms with van der Waals surface area (Å²) in [6.45, 7) is 3.98. The van der Waals surface area contributed by atoms with Gasteiger partial charge in [0.15, 0.2) is 5.82 Å². The molecule has 1 aliphatic rings. The maximum atomic E-state index is 9.12. The average molecular weight is 265 g/mol. The lowest BCUT2D eigenvalue weighted by Crippen LogP contribution is -2.07. The van der Waals surface area contributed by atoms with Gasteiger partial charge in [-0.2, -0.15) is 0 Å². The molecule has 0 spiro atoms. The van der Waals surface area contributed by atoms with Gasteiger partial charge in [0.25, 0.3) is 0 Å². The Morgan fingerprint density at radius 1 is 1.22 bits per heavy atom. The maximum absolute atomic E-state index is 9.12. The Morgan fingerprint density at radius 2 is 1.94 bits per heavy atom. The molecule has 18 heavy (non-hydrogen) atoms. The van der Waals surface area contributed by atoms with Crippen LogP contribution in [0.3, 0.4) is 0 Å². The van der Waals surface area contributed by atoms with Gasteiger partial charge >= 0.3 is 0 Å². The Bertz CT molecular complexity index is 551. The van der Waals surface area contributed by atoms with Crippen LogP contribution in [0.15, 0.2) is 0 Å². The lowest BCUT2D eigenvalue weighted by molar-refractivity contribution is 0.281. The summed E-state index contributed by atoms with van der Waals surface area (Å²) in [5.41, 5.74) is 9.10. The molecule has 0 bridgehead atoms. The summed E-state index contributed by atoms with van der Waals surface area (Å²) in [5.74, 6) is 0.506. The predicted molar refractivity (Wildman–Crippen MR) is 75.7 cm³/mol. The summed E-state index contributed by atoms with van der Waals surface area (Å²) in [6, 6.07) is 0. The summed E-state index contributed by atoms with van der Waals surface area (Å²) in [4.78, 5) is 8.75. The lowest BCUT2D eigenvalue weighted by atomic mass is 9.96. The van der Waals surface area contributed by atoms with Gasteiger partial charge in [-0.15, -0.1) is 11.3 Å². The molecule has 0 radical (unpaired) electrons. The minimum Gasteiger partial charge on any atom is -0.389 e. The minimum atomic E-state index is -0.0203. The molecule has 0 saturated carbocycles. The standard InChI is InChI=1S/C11H13N3OS.C2H6/c12-11-9-10(16-8(5-15)14-9)6-3-1-2-4-7(6)13-11;1-2/h15H,1-5H2,(H2,12,13);1-2H3. The average Bonchev–Trinajstić information content (AvgIpc) is 2.86. The van der Waals surface area contributed by atoms with Crippen molar-refractivity contribution >= 4 is 27.4 Å². The second-order valence-electron chi connectivity index (χ2n) is 4.07. The van der Waals surface area contributed by atoms with Crippen LogP contribution >= 0.6 is 11.3 Å². The van der Waals surface area contributed by atoms with Gasteiger partial charge in [-0.05, 0) is 31.2 Å². The van der Waals surface area contributed by atoms with Crippen molar-refractivity contribution in [2.24, 2.45) is 0 Å². The molecule has 2 heterocycles. The molecule has 3 N–H and O–H groups in total. The number of rotatable bonds is 1. The van der Waals surface area contributed by atoms with Gasteiger partial charge in [0.05, 0.1) is 11.3 Å². The highest BCUT2D eigenvalue weighted by molar-refractivity contribution is 7.18. The molecule has 0 fully saturated rings. The van der Waals surface area contributed by atoms with Crippen LogP contribution in [-0.2, 0) is 19.4 Å². The van der Waals surface area contributed by atoms with Crippen LogP contribution < -0.4 is 5.73 Å². The molecule has 3 rings (SSSR count). The van der Waals surface area contributed by atoms with Gasteiger partial charge < -0.3 is 10.8 Å². The van der Waals surface area contributed by atoms with Gasteiger partial charge in [-0.1, -0.05) is 13.8 Å². The van der Waals surface area contributed by atoms with E-state index in [4.69, 9.17) is 10.8 Å². The molecular weight excluding hydrogens is 246 g/mol. The number of hydrogen-bond acceptors (Lipinski definition) is 5. The van der Waals surface area contributed by atoms with Crippen molar-refractivity contribution in [2.75, 3.05) is 5.73 Å². The number of aryl methyl sites for hydroxylation is 2. The first-order valence-electron chi connectivity index (χ1n) is 6.47. The number of fused-ring (bicyclic) bond motifs is 3. The van der Waals surface area contributed by atoms with E-state index >= 15 is 0 Å². The molecule has 0 saturated heterocycles. The summed E-state index contributed by atoms with van der Waals surface area (Å²) in [5, 5.41) is 9.84. The zero-order valence-electron chi connectivity index (χ0n) is 10.9. The predicted octanol–water partition coefficient (Wildman–Crippen LogP) is 2.67. The van der Waals surface area contributed by atoms with E-state index in [9.17, 15) is 0 Å². The molecule has 4 nitrogen and oxygen atoms in total. The zero-order chi connectivity index (χ0) is 13.1. The second kappa shape index (κ2) is 5.63. The summed E-state index contributed by atoms with van der Waals surface area (Å²) in [6.07, 6.45) is 4.48. The third-order valence-electron chi connectivity index (χ3n) is 3.02. The molecule has 2 aromatic heterocycles. The molecule has 0 amide bonds. The zero-order valence-corrected chi connectivity index (χ0v) is 11.7. The minimum absolute atomic E-state index is 0.0203. The lowest BCUT2D eigenvalue weighted by Gasteiger charge is -2.15. The number of nitrogens with zero attached hydrogens (tertiary/aromatic N) is 2. The van der Waals surface area contributed by atoms with Crippen LogP contribution in [0.5, 0.6) is 0 Å². The molecule has 0 aromatic carbocycles. The quantitative estimate of drug-likeness (QED) is 0.831. The normalized spacial score (nSPS) is 13.9. The largest absolute Gasteiger partial charge is 0.389 e. The number of nitrogens with two attached hydrogens (primary N) is 1. The topological polar surface area (TPSA) is 72.0 Å². The highest BCUT2D eigenvalue weighted by Gasteiger charge is 2.19. The number of hydrogen-bond donors (Lipinski definition) is 2. The van der Waals surface area contributed by atoms with Crippen LogP contribution in [-0.4, -0.2) is 15.1 Å². The molecule has 0 aliphatic heterocycles. The van der Waals surface area contributed by atoms with Gasteiger partial charge in [0.2, 0.25) is 0 Å². The van der Waals surface area contributed by atoms with Crippen molar-refractivity contribution < 1.29 is 5.11 Å². The molecule has 0 atom stereocenters. The Labute approximate surface area is 111 Å². The smallest absolute Gasteiger partial charge is 0.151 e. The van der Waals surface area contributed by atoms with Gasteiger partial charge in [-0.25, -0.2) is 9.97 Å². The summed E-state index contributed by atoms with van der Waals surface area (Å²) >= 11 is 1.54. The third kappa shape index (κ3) is 2.20. The number of aliphatic hydroxyl groups is 1. The fraction of sp³-hybridized carbons (Fsp3) is 0.538. The van der Waals surface area contributed by atoms with Crippen molar-refractivity contribution in [1.29, 1.82) is 0 Å². The summed E-state index contributed by atoms with van der Waals surface area (Å²) in [7, 11) is 0. The van der Waals surface area contributed by atoms with Gasteiger partial charge in [0.1, 0.15) is 10.5 Å². The number of anilines is 1. The Balaban J connectivity index is 0.000000574. The van der Waals surface area contributed by atoms with Crippen LogP contribution in [0.4, 0.5) is 5.82 Å². The third-order valence-corrected chi connectivity index (χ3v) is 4.12. The van der Waals surface area contributed by atoms with Crippen molar-refractivity contribution in [3.8, 4) is 0 Å². The van der Waals surface area contributed by atoms with E-state index in [1.807, 2.05) is 13.8 Å². The van der Waals surface area contributed by atoms with E-state index in [1.165, 1.54) is 18.4 Å². The van der Waals surface area contributed by atoms with E-state index in [0.717, 1.165) is 33.8 Å². The Kier molecular flexibility index (Phi) is 4.14. The van der Waals surface area contributed by atoms with Crippen LogP contribution in [0.2, 0.25) is 0 Å². The van der Waals surface area contributed by atoms with Crippen molar-refractivity contribution in [2.45, 2.75) is 46.1 Å². The van der Waals surface area contributed by atoms with Crippen LogP contribution in [0.1, 0.15) is 43.0 Å². The number of thiazole rings is 1. The van der Waals surface area contributed by atoms with Gasteiger partial charge in [0, 0.05) is 5.69 Å². The van der Waals surface area contributed by atoms with E-state index in [-0.39, 0.29) is 6.61 Å². The number of pyridine rings is 1. The molecule has 0 unspecified atom stereocenters.